The number of hydrogen-bond donors (Lipinski definition) is 1. The summed E-state index contributed by atoms with van der Waals surface area (Å²) in [5.74, 6) is 2.31. The predicted octanol–water partition coefficient (Wildman–Crippen LogP) is 1.75. The van der Waals surface area contributed by atoms with Gasteiger partial charge in [0.25, 0.3) is 0 Å². The van der Waals surface area contributed by atoms with Crippen LogP contribution < -0.4 is 15.2 Å². The molecule has 0 spiro atoms. The van der Waals surface area contributed by atoms with Gasteiger partial charge in [-0.3, -0.25) is 0 Å². The molecule has 2 aromatic heterocycles. The molecule has 6 heteroatoms. The molecule has 102 valence electrons. The Labute approximate surface area is 111 Å². The minimum Gasteiger partial charge on any atom is -0.480 e. The number of hydrogen-bond acceptors (Lipinski definition) is 6. The Bertz CT molecular complexity index is 581. The highest BCUT2D eigenvalue weighted by atomic mass is 16.5. The van der Waals surface area contributed by atoms with Crippen LogP contribution in [0.2, 0.25) is 0 Å². The maximum absolute atomic E-state index is 6.22. The minimum atomic E-state index is -0.453. The van der Waals surface area contributed by atoms with Gasteiger partial charge in [-0.05, 0) is 19.9 Å². The molecule has 0 saturated carbocycles. The van der Waals surface area contributed by atoms with E-state index in [1.165, 1.54) is 20.4 Å². The van der Waals surface area contributed by atoms with Gasteiger partial charge >= 0.3 is 0 Å². The maximum atomic E-state index is 6.22. The Balaban J connectivity index is 2.43. The van der Waals surface area contributed by atoms with Gasteiger partial charge in [0.1, 0.15) is 17.2 Å². The highest BCUT2D eigenvalue weighted by Gasteiger charge is 2.21. The average molecular weight is 263 g/mol. The van der Waals surface area contributed by atoms with Crippen LogP contribution in [-0.4, -0.2) is 24.2 Å². The monoisotopic (exact) mass is 263 g/mol. The number of ether oxygens (including phenoxy) is 2. The molecule has 0 aromatic carbocycles. The highest BCUT2D eigenvalue weighted by Crippen LogP contribution is 2.29. The molecule has 6 nitrogen and oxygen atoms in total. The van der Waals surface area contributed by atoms with Crippen LogP contribution in [0.5, 0.6) is 11.8 Å². The van der Waals surface area contributed by atoms with Crippen LogP contribution in [0.1, 0.15) is 28.8 Å². The summed E-state index contributed by atoms with van der Waals surface area (Å²) >= 11 is 0. The van der Waals surface area contributed by atoms with Gasteiger partial charge in [-0.1, -0.05) is 0 Å². The summed E-state index contributed by atoms with van der Waals surface area (Å²) in [6.45, 7) is 3.74. The van der Waals surface area contributed by atoms with E-state index < -0.39 is 6.04 Å². The molecular formula is C13H17N3O3. The number of rotatable bonds is 4. The van der Waals surface area contributed by atoms with Crippen molar-refractivity contribution in [1.82, 2.24) is 9.97 Å². The molecule has 0 aliphatic carbocycles. The van der Waals surface area contributed by atoms with E-state index in [0.717, 1.165) is 17.1 Å². The van der Waals surface area contributed by atoms with Crippen LogP contribution in [-0.2, 0) is 0 Å². The van der Waals surface area contributed by atoms with E-state index in [4.69, 9.17) is 19.6 Å². The van der Waals surface area contributed by atoms with E-state index in [9.17, 15) is 0 Å². The SMILES string of the molecule is COc1cnc(C(N)c2cc(C)oc2C)c(OC)n1. The van der Waals surface area contributed by atoms with Gasteiger partial charge in [0.15, 0.2) is 0 Å². The molecule has 0 aliphatic heterocycles. The first kappa shape index (κ1) is 13.4. The van der Waals surface area contributed by atoms with Crippen LogP contribution in [0.15, 0.2) is 16.7 Å². The van der Waals surface area contributed by atoms with Crippen molar-refractivity contribution in [3.05, 3.63) is 35.0 Å². The van der Waals surface area contributed by atoms with Crippen molar-refractivity contribution in [1.29, 1.82) is 0 Å². The number of furan rings is 1. The molecule has 1 unspecified atom stereocenters. The number of aromatic nitrogens is 2. The molecule has 2 aromatic rings. The summed E-state index contributed by atoms with van der Waals surface area (Å²) in [7, 11) is 3.04. The van der Waals surface area contributed by atoms with E-state index in [1.807, 2.05) is 19.9 Å². The number of aryl methyl sites for hydroxylation is 2. The number of nitrogens with zero attached hydrogens (tertiary/aromatic N) is 2. The van der Waals surface area contributed by atoms with Crippen molar-refractivity contribution < 1.29 is 13.9 Å². The third-order valence-corrected chi connectivity index (χ3v) is 2.86. The van der Waals surface area contributed by atoms with Crippen LogP contribution in [0.25, 0.3) is 0 Å². The predicted molar refractivity (Wildman–Crippen MR) is 69.3 cm³/mol. The second kappa shape index (κ2) is 5.27. The summed E-state index contributed by atoms with van der Waals surface area (Å²) in [5, 5.41) is 0. The van der Waals surface area contributed by atoms with E-state index in [0.29, 0.717) is 17.5 Å². The lowest BCUT2D eigenvalue weighted by molar-refractivity contribution is 0.355. The standard InChI is InChI=1S/C13H17N3O3/c1-7-5-9(8(2)19-7)11(14)12-13(18-4)16-10(17-3)6-15-12/h5-6,11H,14H2,1-4H3. The molecule has 2 heterocycles. The van der Waals surface area contributed by atoms with E-state index in [1.54, 1.807) is 0 Å². The summed E-state index contributed by atoms with van der Waals surface area (Å²) in [4.78, 5) is 8.44. The van der Waals surface area contributed by atoms with Crippen molar-refractivity contribution in [3.63, 3.8) is 0 Å². The van der Waals surface area contributed by atoms with Gasteiger partial charge in [0, 0.05) is 5.56 Å². The van der Waals surface area contributed by atoms with Gasteiger partial charge < -0.3 is 19.6 Å². The van der Waals surface area contributed by atoms with E-state index in [2.05, 4.69) is 9.97 Å². The highest BCUT2D eigenvalue weighted by molar-refractivity contribution is 5.36. The van der Waals surface area contributed by atoms with Crippen molar-refractivity contribution in [2.45, 2.75) is 19.9 Å². The Morgan fingerprint density at radius 1 is 1.26 bits per heavy atom. The van der Waals surface area contributed by atoms with Crippen molar-refractivity contribution >= 4 is 0 Å². The van der Waals surface area contributed by atoms with Gasteiger partial charge in [0.05, 0.1) is 26.5 Å². The fourth-order valence-electron chi connectivity index (χ4n) is 1.93. The van der Waals surface area contributed by atoms with Crippen LogP contribution in [0, 0.1) is 13.8 Å². The molecule has 0 amide bonds. The Kier molecular flexibility index (Phi) is 3.71. The first-order valence-corrected chi connectivity index (χ1v) is 5.84. The third kappa shape index (κ3) is 2.53. The molecule has 19 heavy (non-hydrogen) atoms. The second-order valence-corrected chi connectivity index (χ2v) is 4.15. The zero-order valence-electron chi connectivity index (χ0n) is 11.4. The quantitative estimate of drug-likeness (QED) is 0.904. The summed E-state index contributed by atoms with van der Waals surface area (Å²) in [6.07, 6.45) is 1.51. The summed E-state index contributed by atoms with van der Waals surface area (Å²) < 4.78 is 15.7. The Morgan fingerprint density at radius 3 is 2.53 bits per heavy atom. The normalized spacial score (nSPS) is 12.3. The maximum Gasteiger partial charge on any atom is 0.240 e. The first-order valence-electron chi connectivity index (χ1n) is 5.84. The first-order chi connectivity index (χ1) is 9.06. The van der Waals surface area contributed by atoms with Crippen LogP contribution >= 0.6 is 0 Å². The largest absolute Gasteiger partial charge is 0.480 e. The van der Waals surface area contributed by atoms with Gasteiger partial charge in [-0.25, -0.2) is 4.98 Å². The molecule has 0 radical (unpaired) electrons. The van der Waals surface area contributed by atoms with E-state index in [-0.39, 0.29) is 0 Å². The molecular weight excluding hydrogens is 246 g/mol. The lowest BCUT2D eigenvalue weighted by Crippen LogP contribution is -2.16. The van der Waals surface area contributed by atoms with Crippen LogP contribution in [0.4, 0.5) is 0 Å². The van der Waals surface area contributed by atoms with Gasteiger partial charge in [-0.2, -0.15) is 4.98 Å². The number of methoxy groups -OCH3 is 2. The fraction of sp³-hybridized carbons (Fsp3) is 0.385. The Morgan fingerprint density at radius 2 is 2.00 bits per heavy atom. The summed E-state index contributed by atoms with van der Waals surface area (Å²) in [5.41, 5.74) is 7.63. The molecule has 2 N–H and O–H groups in total. The molecule has 0 fully saturated rings. The van der Waals surface area contributed by atoms with Crippen LogP contribution in [0.3, 0.4) is 0 Å². The zero-order chi connectivity index (χ0) is 14.0. The summed E-state index contributed by atoms with van der Waals surface area (Å²) in [6, 6.07) is 1.44. The van der Waals surface area contributed by atoms with Crippen molar-refractivity contribution in [2.75, 3.05) is 14.2 Å². The molecule has 0 saturated heterocycles. The lowest BCUT2D eigenvalue weighted by atomic mass is 10.1. The molecule has 1 atom stereocenters. The van der Waals surface area contributed by atoms with E-state index >= 15 is 0 Å². The fourth-order valence-corrected chi connectivity index (χ4v) is 1.93. The lowest BCUT2D eigenvalue weighted by Gasteiger charge is -2.13. The number of nitrogens with two attached hydrogens (primary N) is 1. The molecule has 0 bridgehead atoms. The molecule has 2 rings (SSSR count). The van der Waals surface area contributed by atoms with Crippen molar-refractivity contribution in [3.8, 4) is 11.8 Å². The van der Waals surface area contributed by atoms with Gasteiger partial charge in [-0.15, -0.1) is 0 Å². The third-order valence-electron chi connectivity index (χ3n) is 2.86. The Hall–Kier alpha value is -2.08. The smallest absolute Gasteiger partial charge is 0.240 e. The minimum absolute atomic E-state index is 0.352. The topological polar surface area (TPSA) is 83.4 Å². The average Bonchev–Trinajstić information content (AvgIpc) is 2.76. The zero-order valence-corrected chi connectivity index (χ0v) is 11.4. The molecule has 0 aliphatic rings. The van der Waals surface area contributed by atoms with Crippen molar-refractivity contribution in [2.24, 2.45) is 5.73 Å². The second-order valence-electron chi connectivity index (χ2n) is 4.15. The van der Waals surface area contributed by atoms with Gasteiger partial charge in [0.2, 0.25) is 11.8 Å².